The van der Waals surface area contributed by atoms with Gasteiger partial charge in [0.05, 0.1) is 22.5 Å². The van der Waals surface area contributed by atoms with Gasteiger partial charge in [0.2, 0.25) is 0 Å². The lowest BCUT2D eigenvalue weighted by Gasteiger charge is -2.28. The molecule has 0 radical (unpaired) electrons. The lowest BCUT2D eigenvalue weighted by atomic mass is 10.0. The normalized spacial score (nSPS) is 12.4. The number of rotatable bonds is 6. The number of alkyl halides is 6. The number of halogens is 6. The van der Waals surface area contributed by atoms with Crippen molar-refractivity contribution in [2.75, 3.05) is 9.80 Å². The van der Waals surface area contributed by atoms with Crippen LogP contribution in [-0.2, 0) is 12.4 Å². The van der Waals surface area contributed by atoms with Gasteiger partial charge in [-0.05, 0) is 125 Å². The fourth-order valence-electron chi connectivity index (χ4n) is 8.61. The summed E-state index contributed by atoms with van der Waals surface area (Å²) in [6, 6.07) is 52.0. The monoisotopic (exact) mass is 828 g/mol. The van der Waals surface area contributed by atoms with Crippen LogP contribution in [0.3, 0.4) is 0 Å². The zero-order valence-electron chi connectivity index (χ0n) is 32.3. The highest BCUT2D eigenvalue weighted by molar-refractivity contribution is 6.18. The molecule has 302 valence electrons. The zero-order valence-corrected chi connectivity index (χ0v) is 32.3. The topological polar surface area (TPSA) is 32.8 Å². The molecule has 0 amide bonds. The van der Waals surface area contributed by atoms with Crippen LogP contribution in [-0.4, -0.2) is 0 Å². The van der Waals surface area contributed by atoms with Crippen LogP contribution < -0.4 is 9.80 Å². The highest BCUT2D eigenvalue weighted by atomic mass is 19.4. The largest absolute Gasteiger partial charge is 0.456 e. The van der Waals surface area contributed by atoms with Crippen LogP contribution in [0.2, 0.25) is 0 Å². The maximum absolute atomic E-state index is 14.3. The fourth-order valence-corrected chi connectivity index (χ4v) is 8.61. The van der Waals surface area contributed by atoms with E-state index in [1.807, 2.05) is 84.9 Å². The van der Waals surface area contributed by atoms with Crippen molar-refractivity contribution in [1.29, 1.82) is 0 Å². The molecule has 0 aliphatic carbocycles. The molecular weight excluding hydrogens is 799 g/mol. The van der Waals surface area contributed by atoms with Gasteiger partial charge in [-0.25, -0.2) is 0 Å². The van der Waals surface area contributed by atoms with Crippen molar-refractivity contribution in [3.63, 3.8) is 0 Å². The lowest BCUT2D eigenvalue weighted by Crippen LogP contribution is -2.16. The minimum atomic E-state index is -4.57. The molecule has 9 aromatic carbocycles. The second-order valence-corrected chi connectivity index (χ2v) is 15.2. The molecule has 0 unspecified atom stereocenters. The van der Waals surface area contributed by atoms with Gasteiger partial charge in [0.25, 0.3) is 0 Å². The van der Waals surface area contributed by atoms with Crippen LogP contribution in [0, 0.1) is 0 Å². The molecule has 0 N–H and O–H groups in total. The average molecular weight is 829 g/mol. The lowest BCUT2D eigenvalue weighted by molar-refractivity contribution is -0.137. The summed E-state index contributed by atoms with van der Waals surface area (Å²) in [4.78, 5) is 3.22. The standard InChI is InChI=1S/C52H30F6N2O2/c53-51(54,55)43-15-7-9-17-45(43)59(35-11-3-1-4-12-35)37-21-19-31-25-39-41-29-42-40-26-32-20-22-38(60(36-13-5-2-6-14-36)46-18-10-8-16-44(46)52(56,57)58)24-34(32)28-48(40)62-50(42)30-49(41)61-47(39)27-33(31)23-37/h1-30H. The van der Waals surface area contributed by atoms with Gasteiger partial charge in [0.1, 0.15) is 22.3 Å². The summed E-state index contributed by atoms with van der Waals surface area (Å²) in [5.74, 6) is 0. The quantitative estimate of drug-likeness (QED) is 0.156. The Labute approximate surface area is 349 Å². The number of furan rings is 2. The van der Waals surface area contributed by atoms with E-state index in [1.54, 1.807) is 70.5 Å². The van der Waals surface area contributed by atoms with E-state index < -0.39 is 23.5 Å². The van der Waals surface area contributed by atoms with Crippen molar-refractivity contribution in [1.82, 2.24) is 0 Å². The second-order valence-electron chi connectivity index (χ2n) is 15.2. The molecule has 0 saturated carbocycles. The molecule has 0 saturated heterocycles. The maximum Gasteiger partial charge on any atom is 0.418 e. The Hall–Kier alpha value is -7.72. The van der Waals surface area contributed by atoms with E-state index in [2.05, 4.69) is 0 Å². The van der Waals surface area contributed by atoms with E-state index in [9.17, 15) is 26.3 Å². The molecule has 0 atom stereocenters. The van der Waals surface area contributed by atoms with Crippen LogP contribution in [0.1, 0.15) is 11.1 Å². The molecule has 0 spiro atoms. The molecule has 0 aliphatic heterocycles. The van der Waals surface area contributed by atoms with Gasteiger partial charge in [-0.3, -0.25) is 0 Å². The first kappa shape index (κ1) is 37.3. The molecule has 0 bridgehead atoms. The van der Waals surface area contributed by atoms with E-state index in [0.29, 0.717) is 45.1 Å². The summed E-state index contributed by atoms with van der Waals surface area (Å²) >= 11 is 0. The van der Waals surface area contributed by atoms with E-state index >= 15 is 0 Å². The number of hydrogen-bond acceptors (Lipinski definition) is 4. The molecule has 2 aromatic heterocycles. The van der Waals surface area contributed by atoms with E-state index in [4.69, 9.17) is 8.83 Å². The Morgan fingerprint density at radius 3 is 1.10 bits per heavy atom. The summed E-state index contributed by atoms with van der Waals surface area (Å²) in [5.41, 5.74) is 3.22. The summed E-state index contributed by atoms with van der Waals surface area (Å²) in [5, 5.41) is 6.78. The number of benzene rings is 9. The Morgan fingerprint density at radius 1 is 0.306 bits per heavy atom. The van der Waals surface area contributed by atoms with Gasteiger partial charge in [-0.1, -0.05) is 72.8 Å². The Morgan fingerprint density at radius 2 is 0.677 bits per heavy atom. The van der Waals surface area contributed by atoms with Crippen LogP contribution in [0.15, 0.2) is 191 Å². The summed E-state index contributed by atoms with van der Waals surface area (Å²) in [6.45, 7) is 0. The molecule has 11 rings (SSSR count). The van der Waals surface area contributed by atoms with Crippen molar-refractivity contribution in [2.24, 2.45) is 0 Å². The van der Waals surface area contributed by atoms with E-state index in [0.717, 1.165) is 55.2 Å². The third kappa shape index (κ3) is 6.25. The van der Waals surface area contributed by atoms with E-state index in [1.165, 1.54) is 24.3 Å². The minimum absolute atomic E-state index is 0.0132. The number of fused-ring (bicyclic) bond motifs is 8. The molecule has 11 aromatic rings. The summed E-state index contributed by atoms with van der Waals surface area (Å²) < 4.78 is 98.8. The molecular formula is C52H30F6N2O2. The SMILES string of the molecule is FC(F)(F)c1ccccc1N(c1ccccc1)c1ccc2cc3c(cc2c1)oc1cc2oc4cc5cc(N(c6ccccc6)c6ccccc6C(F)(F)F)ccc5cc4c2cc13. The van der Waals surface area contributed by atoms with Crippen molar-refractivity contribution in [3.05, 3.63) is 193 Å². The van der Waals surface area contributed by atoms with Crippen molar-refractivity contribution in [2.45, 2.75) is 12.4 Å². The Bertz CT molecular complexity index is 3290. The van der Waals surface area contributed by atoms with Gasteiger partial charge >= 0.3 is 12.4 Å². The Kier molecular flexibility index (Phi) is 8.37. The maximum atomic E-state index is 14.3. The van der Waals surface area contributed by atoms with Crippen LogP contribution in [0.5, 0.6) is 0 Å². The highest BCUT2D eigenvalue weighted by Crippen LogP contribution is 2.47. The van der Waals surface area contributed by atoms with E-state index in [-0.39, 0.29) is 11.4 Å². The minimum Gasteiger partial charge on any atom is -0.456 e. The summed E-state index contributed by atoms with van der Waals surface area (Å²) in [7, 11) is 0. The highest BCUT2D eigenvalue weighted by Gasteiger charge is 2.36. The number of para-hydroxylation sites is 4. The van der Waals surface area contributed by atoms with Gasteiger partial charge in [0.15, 0.2) is 0 Å². The number of nitrogens with zero attached hydrogens (tertiary/aromatic N) is 2. The second kappa shape index (κ2) is 13.9. The first-order valence-corrected chi connectivity index (χ1v) is 19.7. The Balaban J connectivity index is 1.01. The predicted octanol–water partition coefficient (Wildman–Crippen LogP) is 16.8. The van der Waals surface area contributed by atoms with Crippen molar-refractivity contribution in [3.8, 4) is 0 Å². The van der Waals surface area contributed by atoms with Crippen molar-refractivity contribution >= 4 is 99.5 Å². The van der Waals surface area contributed by atoms with Gasteiger partial charge < -0.3 is 18.6 Å². The van der Waals surface area contributed by atoms with Gasteiger partial charge in [-0.2, -0.15) is 26.3 Å². The first-order valence-electron chi connectivity index (χ1n) is 19.7. The molecule has 62 heavy (non-hydrogen) atoms. The third-order valence-corrected chi connectivity index (χ3v) is 11.4. The molecule has 10 heteroatoms. The predicted molar refractivity (Wildman–Crippen MR) is 235 cm³/mol. The smallest absolute Gasteiger partial charge is 0.418 e. The first-order chi connectivity index (χ1) is 30.0. The van der Waals surface area contributed by atoms with Gasteiger partial charge in [-0.15, -0.1) is 0 Å². The van der Waals surface area contributed by atoms with Crippen molar-refractivity contribution < 1.29 is 35.2 Å². The zero-order chi connectivity index (χ0) is 42.3. The van der Waals surface area contributed by atoms with Crippen LogP contribution in [0.25, 0.3) is 65.4 Å². The average Bonchev–Trinajstić information content (AvgIpc) is 3.80. The van der Waals surface area contributed by atoms with Crippen LogP contribution >= 0.6 is 0 Å². The number of anilines is 6. The van der Waals surface area contributed by atoms with Gasteiger partial charge in [0, 0.05) is 50.4 Å². The summed E-state index contributed by atoms with van der Waals surface area (Å²) in [6.07, 6.45) is -9.13. The third-order valence-electron chi connectivity index (χ3n) is 11.4. The molecule has 2 heterocycles. The molecule has 4 nitrogen and oxygen atoms in total. The van der Waals surface area contributed by atoms with Crippen LogP contribution in [0.4, 0.5) is 60.5 Å². The fraction of sp³-hybridized carbons (Fsp3) is 0.0385. The molecule has 0 fully saturated rings. The number of hydrogen-bond donors (Lipinski definition) is 0. The molecule has 0 aliphatic rings.